The van der Waals surface area contributed by atoms with Crippen LogP contribution in [0.5, 0.6) is 0 Å². The van der Waals surface area contributed by atoms with Gasteiger partial charge in [0.25, 0.3) is 5.91 Å². The molecule has 0 aromatic carbocycles. The molecule has 1 N–H and O–H groups in total. The fourth-order valence-electron chi connectivity index (χ4n) is 1.71. The molecule has 108 valence electrons. The summed E-state index contributed by atoms with van der Waals surface area (Å²) in [6.07, 6.45) is 1.78. The molecule has 2 heterocycles. The van der Waals surface area contributed by atoms with Gasteiger partial charge in [-0.1, -0.05) is 17.7 Å². The van der Waals surface area contributed by atoms with Gasteiger partial charge in [-0.3, -0.25) is 9.20 Å². The van der Waals surface area contributed by atoms with Gasteiger partial charge in [-0.25, -0.2) is 4.98 Å². The maximum Gasteiger partial charge on any atom is 0.271 e. The lowest BCUT2D eigenvalue weighted by atomic mass is 10.0. The highest BCUT2D eigenvalue weighted by Crippen LogP contribution is 2.17. The van der Waals surface area contributed by atoms with E-state index in [9.17, 15) is 4.79 Å². The summed E-state index contributed by atoms with van der Waals surface area (Å²) in [5, 5.41) is 3.13. The van der Waals surface area contributed by atoms with E-state index in [1.807, 2.05) is 32.3 Å². The zero-order chi connectivity index (χ0) is 14.9. The van der Waals surface area contributed by atoms with E-state index in [2.05, 4.69) is 29.0 Å². The first-order chi connectivity index (χ1) is 9.33. The van der Waals surface area contributed by atoms with E-state index in [-0.39, 0.29) is 16.6 Å². The van der Waals surface area contributed by atoms with E-state index in [0.717, 1.165) is 0 Å². The van der Waals surface area contributed by atoms with Crippen LogP contribution in [0, 0.1) is 0 Å². The van der Waals surface area contributed by atoms with E-state index in [1.54, 1.807) is 10.6 Å². The van der Waals surface area contributed by atoms with Crippen molar-refractivity contribution in [2.45, 2.75) is 19.4 Å². The molecular formula is C14H19ClN4O. The van der Waals surface area contributed by atoms with Crippen molar-refractivity contribution in [1.29, 1.82) is 0 Å². The van der Waals surface area contributed by atoms with Crippen molar-refractivity contribution in [3.8, 4) is 0 Å². The molecule has 6 heteroatoms. The molecule has 2 aromatic rings. The van der Waals surface area contributed by atoms with Gasteiger partial charge in [-0.05, 0) is 40.1 Å². The second kappa shape index (κ2) is 5.42. The number of aromatic nitrogens is 2. The van der Waals surface area contributed by atoms with Crippen LogP contribution in [-0.4, -0.2) is 46.4 Å². The Hall–Kier alpha value is -1.59. The molecule has 0 aliphatic carbocycles. The van der Waals surface area contributed by atoms with E-state index < -0.39 is 0 Å². The number of amides is 1. The molecule has 0 aliphatic heterocycles. The van der Waals surface area contributed by atoms with Crippen LogP contribution in [0.1, 0.15) is 24.3 Å². The molecule has 2 rings (SSSR count). The lowest BCUT2D eigenvalue weighted by Crippen LogP contribution is -2.48. The van der Waals surface area contributed by atoms with Gasteiger partial charge in [0.05, 0.1) is 0 Å². The standard InChI is InChI=1S/C14H19ClN4O/c1-14(2,18(3)4)9-16-13(20)11-12(15)17-10-7-5-6-8-19(10)11/h5-8H,9H2,1-4H3,(H,16,20). The van der Waals surface area contributed by atoms with Gasteiger partial charge in [0.2, 0.25) is 0 Å². The molecule has 0 radical (unpaired) electrons. The Labute approximate surface area is 123 Å². The Morgan fingerprint density at radius 2 is 2.15 bits per heavy atom. The van der Waals surface area contributed by atoms with Gasteiger partial charge < -0.3 is 10.2 Å². The topological polar surface area (TPSA) is 49.6 Å². The van der Waals surface area contributed by atoms with Gasteiger partial charge in [0.1, 0.15) is 5.65 Å². The monoisotopic (exact) mass is 294 g/mol. The highest BCUT2D eigenvalue weighted by molar-refractivity contribution is 6.32. The SMILES string of the molecule is CN(C)C(C)(C)CNC(=O)c1c(Cl)nc2ccccn12. The molecule has 0 spiro atoms. The fourth-order valence-corrected chi connectivity index (χ4v) is 1.97. The Bertz CT molecular complexity index is 633. The average Bonchev–Trinajstić information content (AvgIpc) is 2.71. The number of nitrogens with one attached hydrogen (secondary N) is 1. The zero-order valence-electron chi connectivity index (χ0n) is 12.1. The van der Waals surface area contributed by atoms with Gasteiger partial charge in [-0.2, -0.15) is 0 Å². The molecule has 0 bridgehead atoms. The van der Waals surface area contributed by atoms with Crippen molar-refractivity contribution in [2.75, 3.05) is 20.6 Å². The average molecular weight is 295 g/mol. The Balaban J connectivity index is 2.22. The minimum atomic E-state index is -0.219. The second-order valence-corrected chi connectivity index (χ2v) is 5.93. The molecule has 5 nitrogen and oxygen atoms in total. The van der Waals surface area contributed by atoms with Crippen molar-refractivity contribution < 1.29 is 4.79 Å². The predicted octanol–water partition coefficient (Wildman–Crippen LogP) is 2.06. The number of hydrogen-bond donors (Lipinski definition) is 1. The van der Waals surface area contributed by atoms with Crippen molar-refractivity contribution in [3.05, 3.63) is 35.2 Å². The highest BCUT2D eigenvalue weighted by atomic mass is 35.5. The third kappa shape index (κ3) is 2.78. The number of carbonyl (C=O) groups is 1. The van der Waals surface area contributed by atoms with Crippen molar-refractivity contribution in [2.24, 2.45) is 0 Å². The molecule has 0 saturated carbocycles. The van der Waals surface area contributed by atoms with Crippen LogP contribution in [0.4, 0.5) is 0 Å². The number of nitrogens with zero attached hydrogens (tertiary/aromatic N) is 3. The predicted molar refractivity (Wildman–Crippen MR) is 80.3 cm³/mol. The summed E-state index contributed by atoms with van der Waals surface area (Å²) in [5.74, 6) is -0.219. The zero-order valence-corrected chi connectivity index (χ0v) is 12.9. The van der Waals surface area contributed by atoms with Crippen molar-refractivity contribution in [3.63, 3.8) is 0 Å². The second-order valence-electron chi connectivity index (χ2n) is 5.57. The minimum absolute atomic E-state index is 0.136. The van der Waals surface area contributed by atoms with E-state index in [0.29, 0.717) is 17.9 Å². The van der Waals surface area contributed by atoms with Crippen LogP contribution in [0.2, 0.25) is 5.15 Å². The first-order valence-corrected chi connectivity index (χ1v) is 6.79. The summed E-state index contributed by atoms with van der Waals surface area (Å²) in [6.45, 7) is 4.64. The number of imidazole rings is 1. The van der Waals surface area contributed by atoms with Crippen LogP contribution >= 0.6 is 11.6 Å². The van der Waals surface area contributed by atoms with E-state index in [1.165, 1.54) is 0 Å². The number of hydrogen-bond acceptors (Lipinski definition) is 3. The molecule has 20 heavy (non-hydrogen) atoms. The van der Waals surface area contributed by atoms with Gasteiger partial charge in [0, 0.05) is 18.3 Å². The normalized spacial score (nSPS) is 12.1. The van der Waals surface area contributed by atoms with Crippen LogP contribution in [0.15, 0.2) is 24.4 Å². The Morgan fingerprint density at radius 1 is 1.45 bits per heavy atom. The molecule has 0 unspecified atom stereocenters. The lowest BCUT2D eigenvalue weighted by molar-refractivity contribution is 0.0914. The molecule has 0 atom stereocenters. The number of rotatable bonds is 4. The quantitative estimate of drug-likeness (QED) is 0.939. The molecule has 1 amide bonds. The smallest absolute Gasteiger partial charge is 0.271 e. The molecular weight excluding hydrogens is 276 g/mol. The van der Waals surface area contributed by atoms with Crippen LogP contribution in [0.3, 0.4) is 0 Å². The Morgan fingerprint density at radius 3 is 2.80 bits per heavy atom. The lowest BCUT2D eigenvalue weighted by Gasteiger charge is -2.32. The summed E-state index contributed by atoms with van der Waals surface area (Å²) in [4.78, 5) is 18.6. The fraction of sp³-hybridized carbons (Fsp3) is 0.429. The molecule has 0 saturated heterocycles. The third-order valence-corrected chi connectivity index (χ3v) is 3.86. The third-order valence-electron chi connectivity index (χ3n) is 3.59. The van der Waals surface area contributed by atoms with Crippen molar-refractivity contribution in [1.82, 2.24) is 19.6 Å². The first kappa shape index (κ1) is 14.8. The number of carbonyl (C=O) groups excluding carboxylic acids is 1. The number of fused-ring (bicyclic) bond motifs is 1. The Kier molecular flexibility index (Phi) is 4.01. The van der Waals surface area contributed by atoms with Crippen LogP contribution < -0.4 is 5.32 Å². The van der Waals surface area contributed by atoms with Crippen LogP contribution in [-0.2, 0) is 0 Å². The van der Waals surface area contributed by atoms with Crippen LogP contribution in [0.25, 0.3) is 5.65 Å². The highest BCUT2D eigenvalue weighted by Gasteiger charge is 2.23. The minimum Gasteiger partial charge on any atom is -0.349 e. The summed E-state index contributed by atoms with van der Waals surface area (Å²) in [7, 11) is 3.96. The van der Waals surface area contributed by atoms with Gasteiger partial charge >= 0.3 is 0 Å². The molecule has 0 fully saturated rings. The summed E-state index contributed by atoms with van der Waals surface area (Å²) >= 11 is 6.07. The van der Waals surface area contributed by atoms with Gasteiger partial charge in [-0.15, -0.1) is 0 Å². The van der Waals surface area contributed by atoms with Crippen molar-refractivity contribution >= 4 is 23.2 Å². The largest absolute Gasteiger partial charge is 0.349 e. The summed E-state index contributed by atoms with van der Waals surface area (Å²) in [6, 6.07) is 5.51. The number of likely N-dealkylation sites (N-methyl/N-ethyl adjacent to an activating group) is 1. The van der Waals surface area contributed by atoms with E-state index in [4.69, 9.17) is 11.6 Å². The maximum absolute atomic E-state index is 12.3. The van der Waals surface area contributed by atoms with Gasteiger partial charge in [0.15, 0.2) is 10.8 Å². The maximum atomic E-state index is 12.3. The number of pyridine rings is 1. The summed E-state index contributed by atoms with van der Waals surface area (Å²) < 4.78 is 1.69. The summed E-state index contributed by atoms with van der Waals surface area (Å²) in [5.41, 5.74) is 0.897. The first-order valence-electron chi connectivity index (χ1n) is 6.41. The number of halogens is 1. The molecule has 0 aliphatic rings. The van der Waals surface area contributed by atoms with E-state index >= 15 is 0 Å². The molecule has 2 aromatic heterocycles.